The predicted molar refractivity (Wildman–Crippen MR) is 88.7 cm³/mol. The van der Waals surface area contributed by atoms with E-state index in [1.807, 2.05) is 37.3 Å². The van der Waals surface area contributed by atoms with Gasteiger partial charge in [0.25, 0.3) is 0 Å². The highest BCUT2D eigenvalue weighted by Crippen LogP contribution is 2.15. The van der Waals surface area contributed by atoms with Crippen molar-refractivity contribution in [1.29, 1.82) is 0 Å². The minimum absolute atomic E-state index is 0.213. The summed E-state index contributed by atoms with van der Waals surface area (Å²) in [6, 6.07) is 11.0. The Morgan fingerprint density at radius 1 is 1.00 bits per heavy atom. The molecule has 0 aliphatic heterocycles. The molecule has 0 aliphatic rings. The van der Waals surface area contributed by atoms with Gasteiger partial charge in [-0.2, -0.15) is 0 Å². The van der Waals surface area contributed by atoms with Crippen LogP contribution in [0, 0.1) is 31.5 Å². The van der Waals surface area contributed by atoms with Crippen LogP contribution >= 0.6 is 0 Å². The van der Waals surface area contributed by atoms with E-state index in [9.17, 15) is 4.39 Å². The van der Waals surface area contributed by atoms with Gasteiger partial charge in [-0.25, -0.2) is 4.39 Å². The molecule has 0 radical (unpaired) electrons. The molecule has 0 aliphatic carbocycles. The highest BCUT2D eigenvalue weighted by Gasteiger charge is 2.01. The van der Waals surface area contributed by atoms with E-state index in [1.54, 1.807) is 6.92 Å². The second kappa shape index (κ2) is 7.66. The monoisotopic (exact) mass is 296 g/mol. The predicted octanol–water partition coefficient (Wildman–Crippen LogP) is 5.02. The Morgan fingerprint density at radius 3 is 2.41 bits per heavy atom. The molecule has 0 aromatic heterocycles. The smallest absolute Gasteiger partial charge is 0.127 e. The zero-order valence-electron chi connectivity index (χ0n) is 13.4. The molecule has 0 N–H and O–H groups in total. The number of halogens is 1. The van der Waals surface area contributed by atoms with Crippen molar-refractivity contribution in [1.82, 2.24) is 0 Å². The summed E-state index contributed by atoms with van der Waals surface area (Å²) in [5.74, 6) is 6.75. The van der Waals surface area contributed by atoms with E-state index >= 15 is 0 Å². The first kappa shape index (κ1) is 16.1. The highest BCUT2D eigenvalue weighted by molar-refractivity contribution is 5.48. The van der Waals surface area contributed by atoms with Gasteiger partial charge in [-0.3, -0.25) is 0 Å². The molecule has 0 atom stereocenters. The zero-order chi connectivity index (χ0) is 15.9. The maximum atomic E-state index is 13.6. The van der Waals surface area contributed by atoms with Crippen LogP contribution in [-0.4, -0.2) is 6.61 Å². The van der Waals surface area contributed by atoms with Gasteiger partial charge in [-0.1, -0.05) is 31.3 Å². The Morgan fingerprint density at radius 2 is 1.73 bits per heavy atom. The van der Waals surface area contributed by atoms with Gasteiger partial charge in [0.1, 0.15) is 11.6 Å². The van der Waals surface area contributed by atoms with Gasteiger partial charge in [0.2, 0.25) is 0 Å². The number of aryl methyl sites for hydroxylation is 2. The Bertz CT molecular complexity index is 690. The summed E-state index contributed by atoms with van der Waals surface area (Å²) < 4.78 is 19.2. The average molecular weight is 296 g/mol. The van der Waals surface area contributed by atoms with Crippen molar-refractivity contribution >= 4 is 0 Å². The first-order chi connectivity index (χ1) is 10.6. The van der Waals surface area contributed by atoms with Crippen LogP contribution in [0.15, 0.2) is 36.4 Å². The van der Waals surface area contributed by atoms with E-state index in [0.717, 1.165) is 41.9 Å². The minimum Gasteiger partial charge on any atom is -0.494 e. The first-order valence-electron chi connectivity index (χ1n) is 7.61. The summed E-state index contributed by atoms with van der Waals surface area (Å²) in [7, 11) is 0. The van der Waals surface area contributed by atoms with Crippen molar-refractivity contribution in [2.24, 2.45) is 0 Å². The molecule has 0 heterocycles. The Hall–Kier alpha value is -2.27. The zero-order valence-corrected chi connectivity index (χ0v) is 13.4. The van der Waals surface area contributed by atoms with Crippen molar-refractivity contribution in [3.8, 4) is 17.6 Å². The number of hydrogen-bond donors (Lipinski definition) is 0. The minimum atomic E-state index is -0.213. The number of benzene rings is 2. The van der Waals surface area contributed by atoms with Crippen LogP contribution in [0.3, 0.4) is 0 Å². The third kappa shape index (κ3) is 4.36. The fraction of sp³-hybridized carbons (Fsp3) is 0.300. The molecule has 1 nitrogen and oxygen atoms in total. The molecule has 0 fully saturated rings. The number of rotatable bonds is 4. The van der Waals surface area contributed by atoms with Gasteiger partial charge >= 0.3 is 0 Å². The van der Waals surface area contributed by atoms with Crippen molar-refractivity contribution < 1.29 is 9.13 Å². The Kier molecular flexibility index (Phi) is 5.61. The van der Waals surface area contributed by atoms with Gasteiger partial charge in [-0.05, 0) is 61.7 Å². The lowest BCUT2D eigenvalue weighted by Crippen LogP contribution is -1.95. The second-order valence-electron chi connectivity index (χ2n) is 5.39. The van der Waals surface area contributed by atoms with Gasteiger partial charge in [0.15, 0.2) is 0 Å². The molecule has 2 rings (SSSR count). The van der Waals surface area contributed by atoms with E-state index in [-0.39, 0.29) is 5.82 Å². The van der Waals surface area contributed by atoms with Crippen LogP contribution in [0.4, 0.5) is 4.39 Å². The summed E-state index contributed by atoms with van der Waals surface area (Å²) in [6.07, 6.45) is 2.18. The van der Waals surface area contributed by atoms with E-state index in [4.69, 9.17) is 4.74 Å². The van der Waals surface area contributed by atoms with Crippen LogP contribution < -0.4 is 4.74 Å². The molecule has 22 heavy (non-hydrogen) atoms. The molecule has 0 unspecified atom stereocenters. The molecule has 2 aromatic carbocycles. The summed E-state index contributed by atoms with van der Waals surface area (Å²) in [5.41, 5.74) is 3.26. The number of unbranched alkanes of at least 4 members (excludes halogenated alkanes) is 1. The largest absolute Gasteiger partial charge is 0.494 e. The molecule has 0 bridgehead atoms. The van der Waals surface area contributed by atoms with E-state index < -0.39 is 0 Å². The van der Waals surface area contributed by atoms with Gasteiger partial charge < -0.3 is 4.74 Å². The molecule has 2 aromatic rings. The molecule has 2 heteroatoms. The molecular formula is C20H21FO. The summed E-state index contributed by atoms with van der Waals surface area (Å²) >= 11 is 0. The Balaban J connectivity index is 2.10. The molecular weight excluding hydrogens is 275 g/mol. The topological polar surface area (TPSA) is 9.23 Å². The van der Waals surface area contributed by atoms with Gasteiger partial charge in [-0.15, -0.1) is 0 Å². The molecule has 0 amide bonds. The molecule has 0 saturated heterocycles. The molecule has 0 spiro atoms. The first-order valence-corrected chi connectivity index (χ1v) is 7.61. The van der Waals surface area contributed by atoms with Crippen molar-refractivity contribution in [3.05, 3.63) is 64.5 Å². The highest BCUT2D eigenvalue weighted by atomic mass is 19.1. The summed E-state index contributed by atoms with van der Waals surface area (Å²) in [6.45, 7) is 6.58. The fourth-order valence-corrected chi connectivity index (χ4v) is 2.07. The van der Waals surface area contributed by atoms with Crippen LogP contribution in [-0.2, 0) is 0 Å². The third-order valence-corrected chi connectivity index (χ3v) is 3.47. The van der Waals surface area contributed by atoms with Crippen LogP contribution in [0.25, 0.3) is 0 Å². The maximum absolute atomic E-state index is 13.6. The fourth-order valence-electron chi connectivity index (χ4n) is 2.07. The number of ether oxygens (including phenoxy) is 1. The van der Waals surface area contributed by atoms with Crippen LogP contribution in [0.2, 0.25) is 0 Å². The van der Waals surface area contributed by atoms with Crippen molar-refractivity contribution in [2.75, 3.05) is 6.61 Å². The SMILES string of the molecule is CCCCOc1ccc(C#Cc2cc(F)c(C)cc2C)cc1. The van der Waals surface area contributed by atoms with Crippen molar-refractivity contribution in [3.63, 3.8) is 0 Å². The summed E-state index contributed by atoms with van der Waals surface area (Å²) in [5, 5.41) is 0. The van der Waals surface area contributed by atoms with Crippen LogP contribution in [0.5, 0.6) is 5.75 Å². The van der Waals surface area contributed by atoms with Crippen molar-refractivity contribution in [2.45, 2.75) is 33.6 Å². The quantitative estimate of drug-likeness (QED) is 0.568. The summed E-state index contributed by atoms with van der Waals surface area (Å²) in [4.78, 5) is 0. The van der Waals surface area contributed by atoms with E-state index in [1.165, 1.54) is 6.07 Å². The second-order valence-corrected chi connectivity index (χ2v) is 5.39. The van der Waals surface area contributed by atoms with Gasteiger partial charge in [0.05, 0.1) is 6.61 Å². The lowest BCUT2D eigenvalue weighted by molar-refractivity contribution is 0.309. The van der Waals surface area contributed by atoms with E-state index in [2.05, 4.69) is 18.8 Å². The average Bonchev–Trinajstić information content (AvgIpc) is 2.51. The lowest BCUT2D eigenvalue weighted by Gasteiger charge is -2.04. The standard InChI is InChI=1S/C20H21FO/c1-4-5-12-22-19-10-7-17(8-11-19)6-9-18-14-20(21)16(3)13-15(18)2/h7-8,10-11,13-14H,4-5,12H2,1-3H3. The normalized spacial score (nSPS) is 10.0. The third-order valence-electron chi connectivity index (χ3n) is 3.47. The Labute approximate surface area is 132 Å². The van der Waals surface area contributed by atoms with Crippen LogP contribution in [0.1, 0.15) is 42.0 Å². The molecule has 0 saturated carbocycles. The lowest BCUT2D eigenvalue weighted by atomic mass is 10.1. The van der Waals surface area contributed by atoms with E-state index in [0.29, 0.717) is 5.56 Å². The van der Waals surface area contributed by atoms with Gasteiger partial charge in [0, 0.05) is 11.1 Å². The molecule has 114 valence electrons. The number of hydrogen-bond acceptors (Lipinski definition) is 1. The maximum Gasteiger partial charge on any atom is 0.127 e.